The first-order chi connectivity index (χ1) is 12.2. The SMILES string of the molecule is O=C(N/N=C\c1ccc(Cl)cc1)C12C3CCCC1C32c1ccccc1. The fourth-order valence-corrected chi connectivity index (χ4v) is 5.82. The molecule has 3 aliphatic carbocycles. The van der Waals surface area contributed by atoms with Crippen LogP contribution in [0.15, 0.2) is 59.7 Å². The van der Waals surface area contributed by atoms with Crippen LogP contribution in [0, 0.1) is 17.3 Å². The summed E-state index contributed by atoms with van der Waals surface area (Å²) in [6.07, 6.45) is 5.22. The summed E-state index contributed by atoms with van der Waals surface area (Å²) in [7, 11) is 0. The monoisotopic (exact) mass is 350 g/mol. The van der Waals surface area contributed by atoms with E-state index in [1.165, 1.54) is 12.0 Å². The number of fused-ring (bicyclic) bond motifs is 2. The van der Waals surface area contributed by atoms with Crippen molar-refractivity contribution in [2.75, 3.05) is 0 Å². The van der Waals surface area contributed by atoms with E-state index >= 15 is 0 Å². The molecule has 3 saturated carbocycles. The van der Waals surface area contributed by atoms with Crippen LogP contribution in [0.3, 0.4) is 0 Å². The molecule has 0 bridgehead atoms. The third kappa shape index (κ3) is 1.82. The van der Waals surface area contributed by atoms with Crippen LogP contribution in [0.5, 0.6) is 0 Å². The third-order valence-corrected chi connectivity index (χ3v) is 6.83. The molecule has 0 saturated heterocycles. The lowest BCUT2D eigenvalue weighted by atomic mass is 9.77. The second-order valence-electron chi connectivity index (χ2n) is 7.39. The summed E-state index contributed by atoms with van der Waals surface area (Å²) in [6.45, 7) is 0. The Morgan fingerprint density at radius 1 is 1.08 bits per heavy atom. The zero-order valence-corrected chi connectivity index (χ0v) is 14.5. The van der Waals surface area contributed by atoms with E-state index in [0.29, 0.717) is 16.9 Å². The lowest BCUT2D eigenvalue weighted by Crippen LogP contribution is -2.31. The van der Waals surface area contributed by atoms with Gasteiger partial charge in [-0.25, -0.2) is 5.43 Å². The van der Waals surface area contributed by atoms with Crippen LogP contribution in [0.1, 0.15) is 30.4 Å². The molecule has 0 radical (unpaired) electrons. The minimum absolute atomic E-state index is 0.0897. The van der Waals surface area contributed by atoms with Crippen LogP contribution >= 0.6 is 11.6 Å². The maximum Gasteiger partial charge on any atom is 0.247 e. The Morgan fingerprint density at radius 2 is 1.76 bits per heavy atom. The minimum atomic E-state index is -0.204. The summed E-state index contributed by atoms with van der Waals surface area (Å²) in [6, 6.07) is 18.0. The predicted molar refractivity (Wildman–Crippen MR) is 98.6 cm³/mol. The van der Waals surface area contributed by atoms with E-state index in [1.54, 1.807) is 6.21 Å². The van der Waals surface area contributed by atoms with Gasteiger partial charge in [-0.05, 0) is 47.9 Å². The smallest absolute Gasteiger partial charge is 0.247 e. The first-order valence-electron chi connectivity index (χ1n) is 8.87. The average Bonchev–Trinajstić information content (AvgIpc) is 3.51. The molecule has 2 aromatic carbocycles. The van der Waals surface area contributed by atoms with Crippen LogP contribution in [-0.4, -0.2) is 12.1 Å². The van der Waals surface area contributed by atoms with E-state index in [9.17, 15) is 4.79 Å². The zero-order valence-electron chi connectivity index (χ0n) is 13.8. The Kier molecular flexibility index (Phi) is 3.14. The first-order valence-corrected chi connectivity index (χ1v) is 9.24. The van der Waals surface area contributed by atoms with E-state index in [1.807, 2.05) is 30.3 Å². The summed E-state index contributed by atoms with van der Waals surface area (Å²) in [5, 5.41) is 4.88. The molecule has 2 aromatic rings. The topological polar surface area (TPSA) is 41.5 Å². The van der Waals surface area contributed by atoms with Crippen LogP contribution in [0.25, 0.3) is 0 Å². The molecule has 4 heteroatoms. The highest BCUT2D eigenvalue weighted by Gasteiger charge is 3.01. The van der Waals surface area contributed by atoms with E-state index in [0.717, 1.165) is 18.4 Å². The number of rotatable bonds is 4. The lowest BCUT2D eigenvalue weighted by molar-refractivity contribution is -0.126. The summed E-state index contributed by atoms with van der Waals surface area (Å²) >= 11 is 5.88. The second-order valence-corrected chi connectivity index (χ2v) is 7.83. The molecule has 25 heavy (non-hydrogen) atoms. The molecule has 0 spiro atoms. The predicted octanol–water partition coefficient (Wildman–Crippen LogP) is 4.16. The number of carbonyl (C=O) groups is 1. The largest absolute Gasteiger partial charge is 0.272 e. The number of hydrogen-bond donors (Lipinski definition) is 1. The van der Waals surface area contributed by atoms with Gasteiger partial charge in [0.15, 0.2) is 0 Å². The van der Waals surface area contributed by atoms with Crippen LogP contribution in [0.4, 0.5) is 0 Å². The van der Waals surface area contributed by atoms with Gasteiger partial charge in [-0.3, -0.25) is 4.79 Å². The van der Waals surface area contributed by atoms with Crippen molar-refractivity contribution in [2.45, 2.75) is 24.7 Å². The van der Waals surface area contributed by atoms with Gasteiger partial charge in [-0.1, -0.05) is 60.5 Å². The molecule has 0 heterocycles. The number of nitrogens with one attached hydrogen (secondary N) is 1. The molecular weight excluding hydrogens is 332 g/mol. The zero-order chi connectivity index (χ0) is 17.1. The van der Waals surface area contributed by atoms with Crippen molar-refractivity contribution < 1.29 is 4.79 Å². The highest BCUT2D eigenvalue weighted by molar-refractivity contribution is 6.30. The highest BCUT2D eigenvalue weighted by Crippen LogP contribution is 2.97. The van der Waals surface area contributed by atoms with Crippen molar-refractivity contribution in [3.05, 3.63) is 70.7 Å². The number of halogens is 1. The Labute approximate surface area is 152 Å². The molecule has 3 nitrogen and oxygen atoms in total. The van der Waals surface area contributed by atoms with Crippen molar-refractivity contribution in [3.8, 4) is 0 Å². The maximum atomic E-state index is 13.0. The molecule has 1 N–H and O–H groups in total. The number of amides is 1. The van der Waals surface area contributed by atoms with Gasteiger partial charge in [-0.15, -0.1) is 0 Å². The quantitative estimate of drug-likeness (QED) is 0.653. The number of nitrogens with zero attached hydrogens (tertiary/aromatic N) is 1. The summed E-state index contributed by atoms with van der Waals surface area (Å²) < 4.78 is 0. The summed E-state index contributed by atoms with van der Waals surface area (Å²) in [5.74, 6) is 1.08. The lowest BCUT2D eigenvalue weighted by Gasteiger charge is -2.27. The fourth-order valence-electron chi connectivity index (χ4n) is 5.70. The minimum Gasteiger partial charge on any atom is -0.272 e. The number of hydrogen-bond acceptors (Lipinski definition) is 2. The van der Waals surface area contributed by atoms with E-state index in [2.05, 4.69) is 34.8 Å². The van der Waals surface area contributed by atoms with Gasteiger partial charge >= 0.3 is 0 Å². The molecule has 3 fully saturated rings. The number of hydrazone groups is 1. The van der Waals surface area contributed by atoms with Crippen molar-refractivity contribution >= 4 is 23.7 Å². The molecule has 1 amide bonds. The Balaban J connectivity index is 1.35. The summed E-state index contributed by atoms with van der Waals surface area (Å²) in [5.41, 5.74) is 4.95. The Morgan fingerprint density at radius 3 is 2.44 bits per heavy atom. The van der Waals surface area contributed by atoms with Gasteiger partial charge in [-0.2, -0.15) is 5.10 Å². The van der Waals surface area contributed by atoms with Crippen molar-refractivity contribution in [1.82, 2.24) is 5.43 Å². The molecule has 3 aliphatic rings. The third-order valence-electron chi connectivity index (χ3n) is 6.58. The normalized spacial score (nSPS) is 34.4. The summed E-state index contributed by atoms with van der Waals surface area (Å²) in [4.78, 5) is 13.0. The molecule has 126 valence electrons. The number of carbonyl (C=O) groups excluding carboxylic acids is 1. The van der Waals surface area contributed by atoms with E-state index in [4.69, 9.17) is 11.6 Å². The molecule has 2 unspecified atom stereocenters. The number of benzene rings is 2. The molecule has 0 aliphatic heterocycles. The van der Waals surface area contributed by atoms with E-state index < -0.39 is 0 Å². The van der Waals surface area contributed by atoms with Gasteiger partial charge < -0.3 is 0 Å². The fraction of sp³-hybridized carbons (Fsp3) is 0.333. The van der Waals surface area contributed by atoms with Gasteiger partial charge in [0.1, 0.15) is 0 Å². The maximum absolute atomic E-state index is 13.0. The molecule has 2 atom stereocenters. The van der Waals surface area contributed by atoms with Crippen LogP contribution in [-0.2, 0) is 10.2 Å². The molecule has 5 rings (SSSR count). The van der Waals surface area contributed by atoms with Gasteiger partial charge in [0.05, 0.1) is 11.6 Å². The standard InChI is InChI=1S/C21H19ClN2O/c22-16-11-9-14(10-12-16)13-23-24-19(25)21-17-7-4-8-18(21)20(17,21)15-5-2-1-3-6-15/h1-3,5-6,9-13,17-18H,4,7-8H2,(H,24,25)/b23-13-. The van der Waals surface area contributed by atoms with Gasteiger partial charge in [0, 0.05) is 10.4 Å². The Hall–Kier alpha value is -2.13. The second kappa shape index (κ2) is 5.18. The van der Waals surface area contributed by atoms with Crippen molar-refractivity contribution in [3.63, 3.8) is 0 Å². The molecule has 0 aromatic heterocycles. The highest BCUT2D eigenvalue weighted by atomic mass is 35.5. The van der Waals surface area contributed by atoms with E-state index in [-0.39, 0.29) is 16.7 Å². The first kappa shape index (κ1) is 15.2. The van der Waals surface area contributed by atoms with Crippen LogP contribution in [0.2, 0.25) is 5.02 Å². The Bertz CT molecular complexity index is 847. The van der Waals surface area contributed by atoms with Crippen LogP contribution < -0.4 is 5.43 Å². The van der Waals surface area contributed by atoms with Gasteiger partial charge in [0.25, 0.3) is 0 Å². The van der Waals surface area contributed by atoms with Gasteiger partial charge in [0.2, 0.25) is 5.91 Å². The average molecular weight is 351 g/mol. The van der Waals surface area contributed by atoms with Crippen molar-refractivity contribution in [2.24, 2.45) is 22.4 Å². The molecular formula is C21H19ClN2O. The van der Waals surface area contributed by atoms with Crippen molar-refractivity contribution in [1.29, 1.82) is 0 Å².